The molecule has 0 saturated carbocycles. The fraction of sp³-hybridized carbons (Fsp3) is 0.188. The van der Waals surface area contributed by atoms with Crippen molar-refractivity contribution in [2.24, 2.45) is 0 Å². The second kappa shape index (κ2) is 9.94. The summed E-state index contributed by atoms with van der Waals surface area (Å²) in [7, 11) is 1.58. The lowest BCUT2D eigenvalue weighted by Crippen LogP contribution is -2.29. The lowest BCUT2D eigenvalue weighted by molar-refractivity contribution is -0.140. The number of carbonyl (C=O) groups excluding carboxylic acids is 2. The minimum atomic E-state index is -0.745. The smallest absolute Gasteiger partial charge is 0.295 e. The number of amides is 1. The number of fused-ring (bicyclic) bond motifs is 1. The number of rotatable bonds is 6. The van der Waals surface area contributed by atoms with Crippen molar-refractivity contribution in [1.29, 1.82) is 0 Å². The first-order valence-electron chi connectivity index (χ1n) is 12.4. The molecular formula is C32H29NO4. The molecule has 1 fully saturated rings. The van der Waals surface area contributed by atoms with Crippen molar-refractivity contribution in [3.63, 3.8) is 0 Å². The van der Waals surface area contributed by atoms with Crippen LogP contribution in [0, 0.1) is 0 Å². The lowest BCUT2D eigenvalue weighted by Gasteiger charge is -2.26. The maximum atomic E-state index is 13.5. The van der Waals surface area contributed by atoms with Gasteiger partial charge >= 0.3 is 0 Å². The maximum Gasteiger partial charge on any atom is 0.295 e. The van der Waals surface area contributed by atoms with Gasteiger partial charge in [0.25, 0.3) is 11.7 Å². The number of methoxy groups -OCH3 is 1. The Labute approximate surface area is 216 Å². The quantitative estimate of drug-likeness (QED) is 0.188. The first kappa shape index (κ1) is 24.3. The molecule has 1 heterocycles. The van der Waals surface area contributed by atoms with E-state index < -0.39 is 17.7 Å². The zero-order chi connectivity index (χ0) is 26.1. The van der Waals surface area contributed by atoms with E-state index in [1.165, 1.54) is 4.90 Å². The standard InChI is InChI=1S/C32H29NO4/c1-20(2)21-15-17-23(18-16-21)29-28(30(34)26-13-8-11-22-9-4-6-12-25(22)26)31(35)32(36)33(29)19-24-10-5-7-14-27(24)37-3/h4-18,20,29,34H,19H2,1-3H3/b30-28-. The van der Waals surface area contributed by atoms with E-state index in [0.717, 1.165) is 27.5 Å². The molecule has 0 radical (unpaired) electrons. The maximum absolute atomic E-state index is 13.5. The number of para-hydroxylation sites is 1. The molecule has 5 nitrogen and oxygen atoms in total. The van der Waals surface area contributed by atoms with Gasteiger partial charge in [-0.25, -0.2) is 0 Å². The number of likely N-dealkylation sites (tertiary alicyclic amines) is 1. The number of hydrogen-bond acceptors (Lipinski definition) is 4. The highest BCUT2D eigenvalue weighted by atomic mass is 16.5. The predicted octanol–water partition coefficient (Wildman–Crippen LogP) is 6.59. The van der Waals surface area contributed by atoms with Crippen LogP contribution in [0.1, 0.15) is 48.1 Å². The molecule has 1 aliphatic rings. The van der Waals surface area contributed by atoms with E-state index >= 15 is 0 Å². The van der Waals surface area contributed by atoms with Crippen molar-refractivity contribution >= 4 is 28.2 Å². The zero-order valence-corrected chi connectivity index (χ0v) is 21.1. The van der Waals surface area contributed by atoms with Crippen LogP contribution in [0.2, 0.25) is 0 Å². The molecule has 5 rings (SSSR count). The summed E-state index contributed by atoms with van der Waals surface area (Å²) in [6.07, 6.45) is 0. The van der Waals surface area contributed by atoms with Crippen molar-refractivity contribution in [1.82, 2.24) is 4.90 Å². The number of ether oxygens (including phenoxy) is 1. The van der Waals surface area contributed by atoms with Gasteiger partial charge in [-0.2, -0.15) is 0 Å². The van der Waals surface area contributed by atoms with Crippen molar-refractivity contribution in [2.75, 3.05) is 7.11 Å². The normalized spacial score (nSPS) is 17.1. The van der Waals surface area contributed by atoms with Crippen LogP contribution in [0.4, 0.5) is 0 Å². The number of ketones is 1. The Hall–Kier alpha value is -4.38. The average Bonchev–Trinajstić information content (AvgIpc) is 3.17. The van der Waals surface area contributed by atoms with E-state index in [4.69, 9.17) is 4.74 Å². The van der Waals surface area contributed by atoms with Crippen LogP contribution in [-0.4, -0.2) is 28.8 Å². The summed E-state index contributed by atoms with van der Waals surface area (Å²) in [5.74, 6) is -0.545. The van der Waals surface area contributed by atoms with Gasteiger partial charge < -0.3 is 14.7 Å². The third-order valence-corrected chi connectivity index (χ3v) is 7.04. The summed E-state index contributed by atoms with van der Waals surface area (Å²) in [6, 6.07) is 27.9. The minimum absolute atomic E-state index is 0.0912. The number of aliphatic hydroxyl groups is 1. The first-order chi connectivity index (χ1) is 17.9. The molecule has 1 N–H and O–H groups in total. The summed E-state index contributed by atoms with van der Waals surface area (Å²) >= 11 is 0. The molecule has 4 aromatic rings. The van der Waals surface area contributed by atoms with Gasteiger partial charge in [-0.15, -0.1) is 0 Å². The van der Waals surface area contributed by atoms with Gasteiger partial charge in [0, 0.05) is 11.1 Å². The molecule has 5 heteroatoms. The van der Waals surface area contributed by atoms with Gasteiger partial charge in [-0.1, -0.05) is 98.8 Å². The Morgan fingerprint density at radius 1 is 0.892 bits per heavy atom. The second-order valence-corrected chi connectivity index (χ2v) is 9.59. The SMILES string of the molecule is COc1ccccc1CN1C(=O)C(=O)/C(=C(\O)c2cccc3ccccc23)C1c1ccc(C(C)C)cc1. The van der Waals surface area contributed by atoms with Crippen LogP contribution in [-0.2, 0) is 16.1 Å². The molecule has 1 amide bonds. The molecule has 4 aromatic carbocycles. The Balaban J connectivity index is 1.70. The van der Waals surface area contributed by atoms with E-state index in [1.807, 2.05) is 84.9 Å². The van der Waals surface area contributed by atoms with Gasteiger partial charge in [0.2, 0.25) is 0 Å². The van der Waals surface area contributed by atoms with Gasteiger partial charge in [0.1, 0.15) is 11.5 Å². The van der Waals surface area contributed by atoms with Crippen molar-refractivity contribution in [2.45, 2.75) is 32.4 Å². The number of aliphatic hydroxyl groups excluding tert-OH is 1. The molecule has 37 heavy (non-hydrogen) atoms. The third-order valence-electron chi connectivity index (χ3n) is 7.04. The Morgan fingerprint density at radius 2 is 1.57 bits per heavy atom. The van der Waals surface area contributed by atoms with Crippen LogP contribution >= 0.6 is 0 Å². The fourth-order valence-corrected chi connectivity index (χ4v) is 5.05. The number of carbonyl (C=O) groups is 2. The van der Waals surface area contributed by atoms with Gasteiger partial charge in [-0.05, 0) is 33.9 Å². The van der Waals surface area contributed by atoms with Crippen molar-refractivity contribution in [3.05, 3.63) is 119 Å². The molecule has 1 unspecified atom stereocenters. The largest absolute Gasteiger partial charge is 0.507 e. The highest BCUT2D eigenvalue weighted by Crippen LogP contribution is 2.42. The van der Waals surface area contributed by atoms with Crippen molar-refractivity contribution < 1.29 is 19.4 Å². The minimum Gasteiger partial charge on any atom is -0.507 e. The molecular weight excluding hydrogens is 462 g/mol. The second-order valence-electron chi connectivity index (χ2n) is 9.59. The third kappa shape index (κ3) is 4.38. The highest BCUT2D eigenvalue weighted by molar-refractivity contribution is 6.46. The van der Waals surface area contributed by atoms with E-state index in [2.05, 4.69) is 13.8 Å². The predicted molar refractivity (Wildman–Crippen MR) is 145 cm³/mol. The Morgan fingerprint density at radius 3 is 2.30 bits per heavy atom. The number of hydrogen-bond donors (Lipinski definition) is 1. The zero-order valence-electron chi connectivity index (χ0n) is 21.1. The fourth-order valence-electron chi connectivity index (χ4n) is 5.05. The van der Waals surface area contributed by atoms with E-state index in [-0.39, 0.29) is 17.9 Å². The van der Waals surface area contributed by atoms with Gasteiger partial charge in [0.15, 0.2) is 0 Å². The molecule has 0 bridgehead atoms. The molecule has 0 aromatic heterocycles. The van der Waals surface area contributed by atoms with Gasteiger partial charge in [-0.3, -0.25) is 9.59 Å². The topological polar surface area (TPSA) is 66.8 Å². The summed E-state index contributed by atoms with van der Waals surface area (Å²) in [5, 5.41) is 13.4. The molecule has 1 atom stereocenters. The number of nitrogens with zero attached hydrogens (tertiary/aromatic N) is 1. The summed E-state index contributed by atoms with van der Waals surface area (Å²) in [6.45, 7) is 4.39. The first-order valence-corrected chi connectivity index (χ1v) is 12.4. The molecule has 1 saturated heterocycles. The summed E-state index contributed by atoms with van der Waals surface area (Å²) < 4.78 is 5.51. The van der Waals surface area contributed by atoms with Crippen molar-refractivity contribution in [3.8, 4) is 5.75 Å². The Kier molecular flexibility index (Phi) is 6.53. The van der Waals surface area contributed by atoms with Crippen LogP contribution in [0.3, 0.4) is 0 Å². The van der Waals surface area contributed by atoms with Crippen LogP contribution in [0.25, 0.3) is 16.5 Å². The molecule has 0 aliphatic carbocycles. The van der Waals surface area contributed by atoms with E-state index in [0.29, 0.717) is 17.2 Å². The summed E-state index contributed by atoms with van der Waals surface area (Å²) in [4.78, 5) is 28.5. The van der Waals surface area contributed by atoms with Crippen LogP contribution < -0.4 is 4.74 Å². The molecule has 186 valence electrons. The average molecular weight is 492 g/mol. The number of Topliss-reactive ketones (excluding diaryl/α,β-unsaturated/α-hetero) is 1. The number of benzene rings is 4. The molecule has 1 aliphatic heterocycles. The molecule has 0 spiro atoms. The Bertz CT molecular complexity index is 1510. The van der Waals surface area contributed by atoms with Gasteiger partial charge in [0.05, 0.1) is 25.3 Å². The van der Waals surface area contributed by atoms with Crippen LogP contribution in [0.5, 0.6) is 5.75 Å². The van der Waals surface area contributed by atoms with E-state index in [1.54, 1.807) is 13.2 Å². The lowest BCUT2D eigenvalue weighted by atomic mass is 9.92. The van der Waals surface area contributed by atoms with Crippen LogP contribution in [0.15, 0.2) is 96.6 Å². The highest BCUT2D eigenvalue weighted by Gasteiger charge is 2.46. The van der Waals surface area contributed by atoms with E-state index in [9.17, 15) is 14.7 Å². The summed E-state index contributed by atoms with van der Waals surface area (Å²) in [5.41, 5.74) is 3.31. The monoisotopic (exact) mass is 491 g/mol.